The summed E-state index contributed by atoms with van der Waals surface area (Å²) in [4.78, 5) is 14.9. The van der Waals surface area contributed by atoms with Crippen LogP contribution in [0.4, 0.5) is 0 Å². The molecular formula is C24H24BrN3O. The number of fused-ring (bicyclic) bond motifs is 1. The van der Waals surface area contributed by atoms with Crippen molar-refractivity contribution in [1.29, 1.82) is 0 Å². The summed E-state index contributed by atoms with van der Waals surface area (Å²) in [7, 11) is 0. The molecule has 148 valence electrons. The molecule has 1 aliphatic rings. The Bertz CT molecular complexity index is 1000. The number of hydrogen-bond donors (Lipinski definition) is 1. The molecule has 3 aromatic rings. The van der Waals surface area contributed by atoms with E-state index in [0.29, 0.717) is 0 Å². The van der Waals surface area contributed by atoms with Gasteiger partial charge in [-0.15, -0.1) is 0 Å². The number of hydrogen-bond acceptors (Lipinski definition) is 3. The third-order valence-corrected chi connectivity index (χ3v) is 6.01. The summed E-state index contributed by atoms with van der Waals surface area (Å²) in [5, 5.41) is 6.52. The molecule has 1 fully saturated rings. The van der Waals surface area contributed by atoms with Crippen molar-refractivity contribution in [3.05, 3.63) is 82.3 Å². The van der Waals surface area contributed by atoms with Crippen molar-refractivity contribution in [1.82, 2.24) is 10.3 Å². The highest BCUT2D eigenvalue weighted by Gasteiger charge is 2.24. The lowest BCUT2D eigenvalue weighted by Gasteiger charge is -2.30. The maximum atomic E-state index is 12.5. The predicted molar refractivity (Wildman–Crippen MR) is 122 cm³/mol. The van der Waals surface area contributed by atoms with E-state index in [-0.39, 0.29) is 11.8 Å². The van der Waals surface area contributed by atoms with Gasteiger partial charge in [-0.2, -0.15) is 5.10 Å². The van der Waals surface area contributed by atoms with Gasteiger partial charge in [-0.25, -0.2) is 5.43 Å². The monoisotopic (exact) mass is 449 g/mol. The zero-order chi connectivity index (χ0) is 20.1. The summed E-state index contributed by atoms with van der Waals surface area (Å²) in [6.45, 7) is 2.79. The smallest absolute Gasteiger partial charge is 0.243 e. The molecule has 1 aliphatic heterocycles. The average molecular weight is 450 g/mol. The first-order chi connectivity index (χ1) is 14.2. The number of halogens is 1. The van der Waals surface area contributed by atoms with Crippen LogP contribution < -0.4 is 5.43 Å². The highest BCUT2D eigenvalue weighted by molar-refractivity contribution is 9.10. The highest BCUT2D eigenvalue weighted by atomic mass is 79.9. The SMILES string of the molecule is O=C(NN=Cc1cccc2ccccc12)C1CCN(Cc2ccc(Br)cc2)CC1. The zero-order valence-corrected chi connectivity index (χ0v) is 17.8. The number of hydrazone groups is 1. The maximum absolute atomic E-state index is 12.5. The molecule has 0 atom stereocenters. The minimum atomic E-state index is 0.0183. The number of carbonyl (C=O) groups excluding carboxylic acids is 1. The molecule has 0 unspecified atom stereocenters. The highest BCUT2D eigenvalue weighted by Crippen LogP contribution is 2.20. The molecule has 0 aromatic heterocycles. The topological polar surface area (TPSA) is 44.7 Å². The lowest BCUT2D eigenvalue weighted by Crippen LogP contribution is -2.39. The van der Waals surface area contributed by atoms with E-state index < -0.39 is 0 Å². The van der Waals surface area contributed by atoms with Gasteiger partial charge in [-0.05, 0) is 54.4 Å². The van der Waals surface area contributed by atoms with E-state index in [9.17, 15) is 4.79 Å². The van der Waals surface area contributed by atoms with Crippen LogP contribution in [0.2, 0.25) is 0 Å². The molecule has 5 heteroatoms. The Morgan fingerprint density at radius 1 is 1.03 bits per heavy atom. The Hall–Kier alpha value is -2.50. The Morgan fingerprint density at radius 2 is 1.76 bits per heavy atom. The molecule has 1 N–H and O–H groups in total. The number of carbonyl (C=O) groups is 1. The first-order valence-corrected chi connectivity index (χ1v) is 10.8. The first kappa shape index (κ1) is 19.8. The number of likely N-dealkylation sites (tertiary alicyclic amines) is 1. The molecule has 29 heavy (non-hydrogen) atoms. The fourth-order valence-corrected chi connectivity index (χ4v) is 4.09. The number of piperidine rings is 1. The molecule has 1 heterocycles. The molecule has 3 aromatic carbocycles. The number of nitrogens with zero attached hydrogens (tertiary/aromatic N) is 2. The Balaban J connectivity index is 1.28. The minimum Gasteiger partial charge on any atom is -0.299 e. The molecule has 0 radical (unpaired) electrons. The maximum Gasteiger partial charge on any atom is 0.243 e. The third-order valence-electron chi connectivity index (χ3n) is 5.48. The van der Waals surface area contributed by atoms with Crippen LogP contribution in [0.15, 0.2) is 76.3 Å². The summed E-state index contributed by atoms with van der Waals surface area (Å²) < 4.78 is 1.10. The Kier molecular flexibility index (Phi) is 6.37. The lowest BCUT2D eigenvalue weighted by atomic mass is 9.96. The van der Waals surface area contributed by atoms with Crippen molar-refractivity contribution >= 4 is 38.8 Å². The largest absolute Gasteiger partial charge is 0.299 e. The van der Waals surface area contributed by atoms with Crippen molar-refractivity contribution in [2.45, 2.75) is 19.4 Å². The van der Waals surface area contributed by atoms with Gasteiger partial charge in [0.05, 0.1) is 6.21 Å². The normalized spacial score (nSPS) is 15.8. The van der Waals surface area contributed by atoms with Crippen LogP contribution in [0.25, 0.3) is 10.8 Å². The fraction of sp³-hybridized carbons (Fsp3) is 0.250. The average Bonchev–Trinajstić information content (AvgIpc) is 2.76. The van der Waals surface area contributed by atoms with Crippen LogP contribution in [-0.2, 0) is 11.3 Å². The number of benzene rings is 3. The molecule has 0 bridgehead atoms. The number of rotatable bonds is 5. The second-order valence-corrected chi connectivity index (χ2v) is 8.40. The molecule has 4 rings (SSSR count). The Morgan fingerprint density at radius 3 is 2.55 bits per heavy atom. The van der Waals surface area contributed by atoms with Crippen molar-refractivity contribution < 1.29 is 4.79 Å². The first-order valence-electron chi connectivity index (χ1n) is 9.96. The van der Waals surface area contributed by atoms with Crippen LogP contribution >= 0.6 is 15.9 Å². The van der Waals surface area contributed by atoms with Crippen LogP contribution in [0.1, 0.15) is 24.0 Å². The summed E-state index contributed by atoms with van der Waals surface area (Å²) >= 11 is 3.47. The third kappa shape index (κ3) is 5.11. The van der Waals surface area contributed by atoms with E-state index in [1.807, 2.05) is 24.3 Å². The molecule has 0 saturated carbocycles. The summed E-state index contributed by atoms with van der Waals surface area (Å²) in [6.07, 6.45) is 3.47. The van der Waals surface area contributed by atoms with E-state index in [4.69, 9.17) is 0 Å². The van der Waals surface area contributed by atoms with Gasteiger partial charge < -0.3 is 0 Å². The minimum absolute atomic E-state index is 0.0183. The van der Waals surface area contributed by atoms with Crippen LogP contribution in [0.5, 0.6) is 0 Å². The zero-order valence-electron chi connectivity index (χ0n) is 16.2. The molecule has 1 amide bonds. The van der Waals surface area contributed by atoms with Gasteiger partial charge in [0, 0.05) is 22.5 Å². The second-order valence-electron chi connectivity index (χ2n) is 7.48. The fourth-order valence-electron chi connectivity index (χ4n) is 3.82. The van der Waals surface area contributed by atoms with Gasteiger partial charge in [-0.3, -0.25) is 9.69 Å². The molecular weight excluding hydrogens is 426 g/mol. The van der Waals surface area contributed by atoms with Crippen molar-refractivity contribution in [2.24, 2.45) is 11.0 Å². The molecule has 1 saturated heterocycles. The van der Waals surface area contributed by atoms with E-state index in [2.05, 4.69) is 73.8 Å². The van der Waals surface area contributed by atoms with Gasteiger partial charge in [0.25, 0.3) is 0 Å². The second kappa shape index (κ2) is 9.33. The van der Waals surface area contributed by atoms with Crippen molar-refractivity contribution in [3.63, 3.8) is 0 Å². The number of nitrogens with one attached hydrogen (secondary N) is 1. The Labute approximate surface area is 179 Å². The quantitative estimate of drug-likeness (QED) is 0.441. The van der Waals surface area contributed by atoms with Crippen LogP contribution in [0.3, 0.4) is 0 Å². The van der Waals surface area contributed by atoms with Crippen LogP contribution in [0, 0.1) is 5.92 Å². The predicted octanol–water partition coefficient (Wildman–Crippen LogP) is 4.96. The summed E-state index contributed by atoms with van der Waals surface area (Å²) in [5.74, 6) is 0.0469. The summed E-state index contributed by atoms with van der Waals surface area (Å²) in [5.41, 5.74) is 5.05. The standard InChI is InChI=1S/C24H24BrN3O/c25-22-10-8-18(9-11-22)17-28-14-12-20(13-15-28)24(29)27-26-16-21-6-3-5-19-4-1-2-7-23(19)21/h1-11,16,20H,12-15,17H2,(H,27,29). The van der Waals surface area contributed by atoms with Crippen molar-refractivity contribution in [3.8, 4) is 0 Å². The van der Waals surface area contributed by atoms with Gasteiger partial charge in [-0.1, -0.05) is 70.5 Å². The van der Waals surface area contributed by atoms with Gasteiger partial charge in [0.15, 0.2) is 0 Å². The molecule has 0 aliphatic carbocycles. The summed E-state index contributed by atoms with van der Waals surface area (Å²) in [6, 6.07) is 22.7. The van der Waals surface area contributed by atoms with E-state index in [1.54, 1.807) is 6.21 Å². The molecule has 0 spiro atoms. The van der Waals surface area contributed by atoms with Crippen molar-refractivity contribution in [2.75, 3.05) is 13.1 Å². The van der Waals surface area contributed by atoms with Gasteiger partial charge >= 0.3 is 0 Å². The van der Waals surface area contributed by atoms with E-state index in [0.717, 1.165) is 47.9 Å². The molecule has 4 nitrogen and oxygen atoms in total. The van der Waals surface area contributed by atoms with E-state index >= 15 is 0 Å². The number of amides is 1. The van der Waals surface area contributed by atoms with E-state index in [1.165, 1.54) is 10.9 Å². The van der Waals surface area contributed by atoms with Gasteiger partial charge in [0.1, 0.15) is 0 Å². The lowest BCUT2D eigenvalue weighted by molar-refractivity contribution is -0.126. The van der Waals surface area contributed by atoms with Crippen LogP contribution in [-0.4, -0.2) is 30.1 Å². The van der Waals surface area contributed by atoms with Gasteiger partial charge in [0.2, 0.25) is 5.91 Å².